The van der Waals surface area contributed by atoms with Gasteiger partial charge < -0.3 is 20.5 Å². The Hall–Kier alpha value is -2.83. The molecule has 3 N–H and O–H groups in total. The number of benzene rings is 1. The summed E-state index contributed by atoms with van der Waals surface area (Å²) >= 11 is 0. The van der Waals surface area contributed by atoms with Gasteiger partial charge in [-0.25, -0.2) is 9.78 Å². The van der Waals surface area contributed by atoms with Crippen LogP contribution in [0, 0.1) is 0 Å². The highest BCUT2D eigenvalue weighted by Crippen LogP contribution is 2.21. The maximum absolute atomic E-state index is 11.6. The Balaban J connectivity index is 2.04. The number of carbonyl (C=O) groups excluding carboxylic acids is 1. The van der Waals surface area contributed by atoms with Crippen molar-refractivity contribution < 1.29 is 19.4 Å². The first-order valence-electron chi connectivity index (χ1n) is 6.76. The average Bonchev–Trinajstić information content (AvgIpc) is 2.51. The summed E-state index contributed by atoms with van der Waals surface area (Å²) in [5.74, 6) is -0.480. The Labute approximate surface area is 127 Å². The number of aromatic nitrogens is 1. The van der Waals surface area contributed by atoms with Crippen molar-refractivity contribution in [2.24, 2.45) is 0 Å². The van der Waals surface area contributed by atoms with Gasteiger partial charge in [-0.2, -0.15) is 0 Å². The molecule has 2 rings (SSSR count). The molecule has 0 fully saturated rings. The number of nitrogens with zero attached hydrogens (tertiary/aromatic N) is 1. The number of para-hydroxylation sites is 1. The number of pyridine rings is 1. The fourth-order valence-electron chi connectivity index (χ4n) is 1.99. The third-order valence-corrected chi connectivity index (χ3v) is 3.05. The van der Waals surface area contributed by atoms with Crippen molar-refractivity contribution in [3.63, 3.8) is 0 Å². The van der Waals surface area contributed by atoms with Crippen LogP contribution in [-0.2, 0) is 11.3 Å². The van der Waals surface area contributed by atoms with E-state index in [0.717, 1.165) is 16.5 Å². The zero-order valence-electron chi connectivity index (χ0n) is 12.1. The van der Waals surface area contributed by atoms with Crippen LogP contribution in [0.5, 0.6) is 5.88 Å². The van der Waals surface area contributed by atoms with E-state index in [-0.39, 0.29) is 19.5 Å². The quantitative estimate of drug-likeness (QED) is 0.751. The van der Waals surface area contributed by atoms with E-state index in [2.05, 4.69) is 15.6 Å². The minimum atomic E-state index is -0.954. The topological polar surface area (TPSA) is 101 Å². The molecular formula is C15H17N3O4. The van der Waals surface area contributed by atoms with Crippen LogP contribution in [0.1, 0.15) is 12.0 Å². The van der Waals surface area contributed by atoms with Crippen LogP contribution in [0.4, 0.5) is 4.79 Å². The van der Waals surface area contributed by atoms with Crippen molar-refractivity contribution in [3.05, 3.63) is 35.9 Å². The van der Waals surface area contributed by atoms with Crippen molar-refractivity contribution >= 4 is 22.9 Å². The van der Waals surface area contributed by atoms with Crippen LogP contribution in [0.25, 0.3) is 10.9 Å². The van der Waals surface area contributed by atoms with E-state index < -0.39 is 12.0 Å². The molecule has 116 valence electrons. The van der Waals surface area contributed by atoms with Gasteiger partial charge in [-0.1, -0.05) is 18.2 Å². The van der Waals surface area contributed by atoms with Crippen LogP contribution in [0.15, 0.2) is 30.3 Å². The second-order valence-corrected chi connectivity index (χ2v) is 4.59. The zero-order chi connectivity index (χ0) is 15.9. The van der Waals surface area contributed by atoms with Crippen LogP contribution < -0.4 is 15.4 Å². The summed E-state index contributed by atoms with van der Waals surface area (Å²) in [5.41, 5.74) is 1.65. The molecule has 7 heteroatoms. The van der Waals surface area contributed by atoms with Crippen molar-refractivity contribution in [1.82, 2.24) is 15.6 Å². The highest BCUT2D eigenvalue weighted by molar-refractivity contribution is 5.83. The molecule has 0 atom stereocenters. The number of rotatable bonds is 6. The normalized spacial score (nSPS) is 10.2. The van der Waals surface area contributed by atoms with Gasteiger partial charge in [0.15, 0.2) is 0 Å². The smallest absolute Gasteiger partial charge is 0.315 e. The first-order chi connectivity index (χ1) is 10.6. The molecule has 0 saturated heterocycles. The van der Waals surface area contributed by atoms with Crippen molar-refractivity contribution in [1.29, 1.82) is 0 Å². The standard InChI is InChI=1S/C15H17N3O4/c1-22-13-8-10(11-4-2-3-5-12(11)18-13)9-17-15(21)16-7-6-14(19)20/h2-5,8H,6-7,9H2,1H3,(H,19,20)(H2,16,17,21). The number of fused-ring (bicyclic) bond motifs is 1. The Morgan fingerprint density at radius 2 is 2.05 bits per heavy atom. The average molecular weight is 303 g/mol. The number of urea groups is 1. The lowest BCUT2D eigenvalue weighted by atomic mass is 10.1. The minimum Gasteiger partial charge on any atom is -0.481 e. The second-order valence-electron chi connectivity index (χ2n) is 4.59. The molecule has 22 heavy (non-hydrogen) atoms. The van der Waals surface area contributed by atoms with E-state index in [1.54, 1.807) is 6.07 Å². The number of ether oxygens (including phenoxy) is 1. The molecule has 7 nitrogen and oxygen atoms in total. The monoisotopic (exact) mass is 303 g/mol. The third kappa shape index (κ3) is 4.08. The number of methoxy groups -OCH3 is 1. The van der Waals surface area contributed by atoms with Crippen LogP contribution in [0.3, 0.4) is 0 Å². The summed E-state index contributed by atoms with van der Waals surface area (Å²) in [6, 6.07) is 8.91. The summed E-state index contributed by atoms with van der Waals surface area (Å²) < 4.78 is 5.16. The molecule has 0 radical (unpaired) electrons. The molecule has 0 spiro atoms. The van der Waals surface area contributed by atoms with Gasteiger partial charge in [0.1, 0.15) is 0 Å². The number of nitrogens with one attached hydrogen (secondary N) is 2. The first kappa shape index (κ1) is 15.6. The van der Waals surface area contributed by atoms with Gasteiger partial charge in [0.25, 0.3) is 0 Å². The number of carboxylic acids is 1. The first-order valence-corrected chi connectivity index (χ1v) is 6.76. The van der Waals surface area contributed by atoms with Crippen LogP contribution in [0.2, 0.25) is 0 Å². The summed E-state index contributed by atoms with van der Waals surface area (Å²) in [4.78, 5) is 26.3. The Bertz CT molecular complexity index is 688. The number of carbonyl (C=O) groups is 2. The van der Waals surface area contributed by atoms with Crippen molar-refractivity contribution in [3.8, 4) is 5.88 Å². The number of aliphatic carboxylic acids is 1. The third-order valence-electron chi connectivity index (χ3n) is 3.05. The van der Waals surface area contributed by atoms with E-state index in [9.17, 15) is 9.59 Å². The lowest BCUT2D eigenvalue weighted by Crippen LogP contribution is -2.36. The SMILES string of the molecule is COc1cc(CNC(=O)NCCC(=O)O)c2ccccc2n1. The van der Waals surface area contributed by atoms with Gasteiger partial charge >= 0.3 is 12.0 Å². The summed E-state index contributed by atoms with van der Waals surface area (Å²) in [6.07, 6.45) is -0.112. The number of hydrogen-bond acceptors (Lipinski definition) is 4. The fourth-order valence-corrected chi connectivity index (χ4v) is 1.99. The van der Waals surface area contributed by atoms with E-state index in [1.165, 1.54) is 7.11 Å². The molecule has 2 amide bonds. The Morgan fingerprint density at radius 3 is 2.77 bits per heavy atom. The molecule has 0 unspecified atom stereocenters. The van der Waals surface area contributed by atoms with Gasteiger partial charge in [-0.15, -0.1) is 0 Å². The zero-order valence-corrected chi connectivity index (χ0v) is 12.1. The molecule has 0 bridgehead atoms. The van der Waals surface area contributed by atoms with Crippen LogP contribution in [-0.4, -0.2) is 35.7 Å². The molecular weight excluding hydrogens is 286 g/mol. The number of amides is 2. The summed E-state index contributed by atoms with van der Waals surface area (Å²) in [7, 11) is 1.53. The fraction of sp³-hybridized carbons (Fsp3) is 0.267. The molecule has 1 aromatic carbocycles. The molecule has 0 aliphatic heterocycles. The van der Waals surface area contributed by atoms with Crippen molar-refractivity contribution in [2.45, 2.75) is 13.0 Å². The molecule has 2 aromatic rings. The highest BCUT2D eigenvalue weighted by Gasteiger charge is 2.08. The van der Waals surface area contributed by atoms with Gasteiger partial charge in [0.05, 0.1) is 19.0 Å². The van der Waals surface area contributed by atoms with Gasteiger partial charge in [-0.05, 0) is 11.6 Å². The molecule has 0 saturated carbocycles. The maximum Gasteiger partial charge on any atom is 0.315 e. The van der Waals surface area contributed by atoms with E-state index in [0.29, 0.717) is 5.88 Å². The molecule has 0 aliphatic carbocycles. The predicted molar refractivity (Wildman–Crippen MR) is 80.8 cm³/mol. The molecule has 1 aromatic heterocycles. The Morgan fingerprint density at radius 1 is 1.27 bits per heavy atom. The molecule has 1 heterocycles. The van der Waals surface area contributed by atoms with Gasteiger partial charge in [0.2, 0.25) is 5.88 Å². The Kier molecular flexibility index (Phi) is 5.13. The number of hydrogen-bond donors (Lipinski definition) is 3. The largest absolute Gasteiger partial charge is 0.481 e. The van der Waals surface area contributed by atoms with E-state index >= 15 is 0 Å². The lowest BCUT2D eigenvalue weighted by Gasteiger charge is -2.10. The second kappa shape index (κ2) is 7.26. The van der Waals surface area contributed by atoms with E-state index in [4.69, 9.17) is 9.84 Å². The summed E-state index contributed by atoms with van der Waals surface area (Å²) in [5, 5.41) is 14.6. The molecule has 0 aliphatic rings. The van der Waals surface area contributed by atoms with Crippen molar-refractivity contribution in [2.75, 3.05) is 13.7 Å². The summed E-state index contributed by atoms with van der Waals surface area (Å²) in [6.45, 7) is 0.375. The predicted octanol–water partition coefficient (Wildman–Crippen LogP) is 1.52. The maximum atomic E-state index is 11.6. The lowest BCUT2D eigenvalue weighted by molar-refractivity contribution is -0.136. The van der Waals surface area contributed by atoms with Gasteiger partial charge in [0, 0.05) is 24.5 Å². The number of carboxylic acid groups (broad SMARTS) is 1. The minimum absolute atomic E-state index is 0.0849. The van der Waals surface area contributed by atoms with E-state index in [1.807, 2.05) is 24.3 Å². The van der Waals surface area contributed by atoms with Gasteiger partial charge in [-0.3, -0.25) is 4.79 Å². The van der Waals surface area contributed by atoms with Crippen LogP contribution >= 0.6 is 0 Å². The highest BCUT2D eigenvalue weighted by atomic mass is 16.5.